The fourth-order valence-electron chi connectivity index (χ4n) is 1.51. The highest BCUT2D eigenvalue weighted by atomic mass is 16.2. The molecule has 0 fully saturated rings. The van der Waals surface area contributed by atoms with Crippen molar-refractivity contribution >= 4 is 17.5 Å². The van der Waals surface area contributed by atoms with E-state index in [1.54, 1.807) is 46.3 Å². The SMILES string of the molecule is Cc1c(N)cccc1C(=O)N(C)CC(=O)N(C)C. The zero-order valence-electron chi connectivity index (χ0n) is 11.2. The monoisotopic (exact) mass is 249 g/mol. The second-order valence-corrected chi connectivity index (χ2v) is 4.47. The van der Waals surface area contributed by atoms with E-state index in [0.717, 1.165) is 5.56 Å². The van der Waals surface area contributed by atoms with E-state index in [1.165, 1.54) is 9.80 Å². The Labute approximate surface area is 107 Å². The first-order valence-electron chi connectivity index (χ1n) is 5.65. The summed E-state index contributed by atoms with van der Waals surface area (Å²) in [4.78, 5) is 26.6. The predicted molar refractivity (Wildman–Crippen MR) is 71.2 cm³/mol. The van der Waals surface area contributed by atoms with Gasteiger partial charge in [0.15, 0.2) is 0 Å². The first-order chi connectivity index (χ1) is 8.34. The molecule has 1 rings (SSSR count). The van der Waals surface area contributed by atoms with Crippen molar-refractivity contribution in [2.45, 2.75) is 6.92 Å². The van der Waals surface area contributed by atoms with Crippen molar-refractivity contribution in [3.8, 4) is 0 Å². The van der Waals surface area contributed by atoms with Gasteiger partial charge >= 0.3 is 0 Å². The lowest BCUT2D eigenvalue weighted by molar-refractivity contribution is -0.129. The van der Waals surface area contributed by atoms with Crippen molar-refractivity contribution in [1.82, 2.24) is 9.80 Å². The molecule has 0 unspecified atom stereocenters. The third kappa shape index (κ3) is 3.00. The summed E-state index contributed by atoms with van der Waals surface area (Å²) < 4.78 is 0. The average molecular weight is 249 g/mol. The molecule has 0 heterocycles. The summed E-state index contributed by atoms with van der Waals surface area (Å²) in [6.45, 7) is 1.85. The Morgan fingerprint density at radius 2 is 1.83 bits per heavy atom. The van der Waals surface area contributed by atoms with Crippen LogP contribution in [0.25, 0.3) is 0 Å². The minimum Gasteiger partial charge on any atom is -0.398 e. The van der Waals surface area contributed by atoms with E-state index in [0.29, 0.717) is 11.3 Å². The molecule has 0 aliphatic heterocycles. The number of carbonyl (C=O) groups is 2. The lowest BCUT2D eigenvalue weighted by Gasteiger charge is -2.20. The van der Waals surface area contributed by atoms with Gasteiger partial charge in [0.2, 0.25) is 5.91 Å². The van der Waals surface area contributed by atoms with Crippen LogP contribution in [0.1, 0.15) is 15.9 Å². The highest BCUT2D eigenvalue weighted by molar-refractivity contribution is 5.98. The third-order valence-electron chi connectivity index (χ3n) is 2.82. The number of hydrogen-bond acceptors (Lipinski definition) is 3. The molecule has 5 nitrogen and oxygen atoms in total. The molecule has 2 amide bonds. The van der Waals surface area contributed by atoms with Gasteiger partial charge in [0, 0.05) is 32.4 Å². The van der Waals surface area contributed by atoms with E-state index in [9.17, 15) is 9.59 Å². The van der Waals surface area contributed by atoms with E-state index < -0.39 is 0 Å². The average Bonchev–Trinajstić information content (AvgIpc) is 2.31. The Bertz CT molecular complexity index is 469. The number of carbonyl (C=O) groups excluding carboxylic acids is 2. The van der Waals surface area contributed by atoms with Gasteiger partial charge in [-0.15, -0.1) is 0 Å². The number of nitrogens with zero attached hydrogens (tertiary/aromatic N) is 2. The molecule has 0 saturated carbocycles. The number of nitrogens with two attached hydrogens (primary N) is 1. The van der Waals surface area contributed by atoms with E-state index in [1.807, 2.05) is 0 Å². The molecule has 0 aliphatic carbocycles. The van der Waals surface area contributed by atoms with Crippen molar-refractivity contribution in [3.63, 3.8) is 0 Å². The van der Waals surface area contributed by atoms with Gasteiger partial charge in [0.1, 0.15) is 0 Å². The number of hydrogen-bond donors (Lipinski definition) is 1. The fourth-order valence-corrected chi connectivity index (χ4v) is 1.51. The largest absolute Gasteiger partial charge is 0.398 e. The van der Waals surface area contributed by atoms with Gasteiger partial charge in [-0.25, -0.2) is 0 Å². The standard InChI is InChI=1S/C13H19N3O2/c1-9-10(6-5-7-11(9)14)13(18)16(4)8-12(17)15(2)3/h5-7H,8,14H2,1-4H3. The first-order valence-corrected chi connectivity index (χ1v) is 5.65. The van der Waals surface area contributed by atoms with Crippen LogP contribution in [0.2, 0.25) is 0 Å². The third-order valence-corrected chi connectivity index (χ3v) is 2.82. The first kappa shape index (κ1) is 14.0. The molecular formula is C13H19N3O2. The van der Waals surface area contributed by atoms with Crippen LogP contribution in [0.5, 0.6) is 0 Å². The van der Waals surface area contributed by atoms with Crippen LogP contribution in [0.4, 0.5) is 5.69 Å². The van der Waals surface area contributed by atoms with Crippen molar-refractivity contribution in [3.05, 3.63) is 29.3 Å². The normalized spacial score (nSPS) is 10.0. The van der Waals surface area contributed by atoms with Crippen molar-refractivity contribution < 1.29 is 9.59 Å². The van der Waals surface area contributed by atoms with Gasteiger partial charge in [-0.3, -0.25) is 9.59 Å². The highest BCUT2D eigenvalue weighted by Gasteiger charge is 2.18. The van der Waals surface area contributed by atoms with Gasteiger partial charge in [0.05, 0.1) is 6.54 Å². The molecule has 0 spiro atoms. The molecule has 0 aliphatic rings. The molecule has 5 heteroatoms. The van der Waals surface area contributed by atoms with Crippen LogP contribution in [0.15, 0.2) is 18.2 Å². The molecule has 1 aromatic rings. The van der Waals surface area contributed by atoms with Crippen LogP contribution in [-0.4, -0.2) is 49.3 Å². The number of rotatable bonds is 3. The summed E-state index contributed by atoms with van der Waals surface area (Å²) in [5.74, 6) is -0.317. The second kappa shape index (κ2) is 5.53. The maximum absolute atomic E-state index is 12.2. The number of likely N-dealkylation sites (N-methyl/N-ethyl adjacent to an activating group) is 2. The summed E-state index contributed by atoms with van der Waals surface area (Å²) in [5, 5.41) is 0. The number of anilines is 1. The number of nitrogen functional groups attached to an aromatic ring is 1. The van der Waals surface area contributed by atoms with E-state index in [4.69, 9.17) is 5.73 Å². The van der Waals surface area contributed by atoms with Crippen LogP contribution in [0, 0.1) is 6.92 Å². The van der Waals surface area contributed by atoms with E-state index in [-0.39, 0.29) is 18.4 Å². The summed E-state index contributed by atoms with van der Waals surface area (Å²) in [5.41, 5.74) is 7.61. The van der Waals surface area contributed by atoms with Crippen LogP contribution >= 0.6 is 0 Å². The maximum atomic E-state index is 12.2. The summed E-state index contributed by atoms with van der Waals surface area (Å²) >= 11 is 0. The smallest absolute Gasteiger partial charge is 0.254 e. The van der Waals surface area contributed by atoms with Crippen molar-refractivity contribution in [2.75, 3.05) is 33.4 Å². The molecule has 2 N–H and O–H groups in total. The van der Waals surface area contributed by atoms with Gasteiger partial charge < -0.3 is 15.5 Å². The molecular weight excluding hydrogens is 230 g/mol. The Kier molecular flexibility index (Phi) is 4.31. The summed E-state index contributed by atoms with van der Waals surface area (Å²) in [7, 11) is 4.92. The Morgan fingerprint density at radius 3 is 2.39 bits per heavy atom. The Morgan fingerprint density at radius 1 is 1.22 bits per heavy atom. The van der Waals surface area contributed by atoms with Crippen LogP contribution in [0.3, 0.4) is 0 Å². The quantitative estimate of drug-likeness (QED) is 0.803. The molecule has 1 aromatic carbocycles. The second-order valence-electron chi connectivity index (χ2n) is 4.47. The van der Waals surface area contributed by atoms with Gasteiger partial charge in [-0.2, -0.15) is 0 Å². The minimum atomic E-state index is -0.199. The molecule has 0 atom stereocenters. The topological polar surface area (TPSA) is 66.6 Å². The van der Waals surface area contributed by atoms with Crippen LogP contribution < -0.4 is 5.73 Å². The van der Waals surface area contributed by atoms with Gasteiger partial charge in [0.25, 0.3) is 5.91 Å². The zero-order chi connectivity index (χ0) is 13.9. The minimum absolute atomic E-state index is 0.0556. The van der Waals surface area contributed by atoms with Gasteiger partial charge in [-0.05, 0) is 24.6 Å². The highest BCUT2D eigenvalue weighted by Crippen LogP contribution is 2.16. The van der Waals surface area contributed by atoms with Crippen molar-refractivity contribution in [1.29, 1.82) is 0 Å². The summed E-state index contributed by atoms with van der Waals surface area (Å²) in [6.07, 6.45) is 0. The maximum Gasteiger partial charge on any atom is 0.254 e. The molecule has 18 heavy (non-hydrogen) atoms. The lowest BCUT2D eigenvalue weighted by atomic mass is 10.1. The number of amides is 2. The Hall–Kier alpha value is -2.04. The van der Waals surface area contributed by atoms with Crippen molar-refractivity contribution in [2.24, 2.45) is 0 Å². The fraction of sp³-hybridized carbons (Fsp3) is 0.385. The molecule has 0 aromatic heterocycles. The van der Waals surface area contributed by atoms with E-state index >= 15 is 0 Å². The van der Waals surface area contributed by atoms with Gasteiger partial charge in [-0.1, -0.05) is 6.07 Å². The Balaban J connectivity index is 2.87. The van der Waals surface area contributed by atoms with Crippen LogP contribution in [-0.2, 0) is 4.79 Å². The molecule has 98 valence electrons. The molecule has 0 radical (unpaired) electrons. The lowest BCUT2D eigenvalue weighted by Crippen LogP contribution is -2.38. The van der Waals surface area contributed by atoms with E-state index in [2.05, 4.69) is 0 Å². The molecule has 0 bridgehead atoms. The summed E-state index contributed by atoms with van der Waals surface area (Å²) in [6, 6.07) is 5.19. The predicted octanol–water partition coefficient (Wildman–Crippen LogP) is 0.737. The zero-order valence-corrected chi connectivity index (χ0v) is 11.2. The number of benzene rings is 1. The molecule has 0 saturated heterocycles.